The number of thiophene rings is 1. The van der Waals surface area contributed by atoms with Crippen LogP contribution in [0.4, 0.5) is 0 Å². The molecule has 0 aliphatic rings. The molecule has 0 spiro atoms. The Bertz CT molecular complexity index is 211. The average Bonchev–Trinajstić information content (AvgIpc) is 2.63. The van der Waals surface area contributed by atoms with Gasteiger partial charge in [-0.2, -0.15) is 0 Å². The molecule has 0 aliphatic heterocycles. The van der Waals surface area contributed by atoms with Gasteiger partial charge in [0.15, 0.2) is 0 Å². The predicted octanol–water partition coefficient (Wildman–Crippen LogP) is 4.90. The average molecular weight is 210 g/mol. The Morgan fingerprint density at radius 3 is 2.57 bits per heavy atom. The summed E-state index contributed by atoms with van der Waals surface area (Å²) in [7, 11) is 0. The smallest absolute Gasteiger partial charge is 0.00452 e. The first-order chi connectivity index (χ1) is 6.79. The van der Waals surface area contributed by atoms with Gasteiger partial charge in [0.25, 0.3) is 0 Å². The predicted molar refractivity (Wildman–Crippen MR) is 65.9 cm³/mol. The van der Waals surface area contributed by atoms with Crippen LogP contribution >= 0.6 is 11.3 Å². The van der Waals surface area contributed by atoms with Gasteiger partial charge < -0.3 is 0 Å². The van der Waals surface area contributed by atoms with E-state index in [4.69, 9.17) is 0 Å². The summed E-state index contributed by atoms with van der Waals surface area (Å²) in [5.74, 6) is 0.882. The fourth-order valence-electron chi connectivity index (χ4n) is 1.66. The van der Waals surface area contributed by atoms with Crippen LogP contribution in [0.25, 0.3) is 0 Å². The van der Waals surface area contributed by atoms with Crippen LogP contribution in [-0.4, -0.2) is 0 Å². The zero-order valence-electron chi connectivity index (χ0n) is 9.46. The lowest BCUT2D eigenvalue weighted by Crippen LogP contribution is -1.87. The third-order valence-corrected chi connectivity index (χ3v) is 3.47. The van der Waals surface area contributed by atoms with Crippen molar-refractivity contribution in [2.24, 2.45) is 5.92 Å². The molecule has 0 N–H and O–H groups in total. The normalized spacial score (nSPS) is 11.1. The molecule has 0 radical (unpaired) electrons. The first-order valence-corrected chi connectivity index (χ1v) is 6.69. The molecule has 1 heteroatoms. The molecule has 0 aliphatic carbocycles. The van der Waals surface area contributed by atoms with Crippen LogP contribution in [0.1, 0.15) is 50.8 Å². The topological polar surface area (TPSA) is 0 Å². The second kappa shape index (κ2) is 7.05. The van der Waals surface area contributed by atoms with Crippen molar-refractivity contribution in [3.8, 4) is 0 Å². The highest BCUT2D eigenvalue weighted by atomic mass is 32.1. The van der Waals surface area contributed by atoms with E-state index in [9.17, 15) is 0 Å². The SMILES string of the molecule is CC(C)CCCCCCc1cccs1. The third kappa shape index (κ3) is 5.43. The summed E-state index contributed by atoms with van der Waals surface area (Å²) in [6.45, 7) is 4.62. The quantitative estimate of drug-likeness (QED) is 0.562. The molecule has 0 saturated carbocycles. The van der Waals surface area contributed by atoms with Crippen LogP contribution in [0.5, 0.6) is 0 Å². The number of rotatable bonds is 7. The van der Waals surface area contributed by atoms with E-state index in [2.05, 4.69) is 31.4 Å². The van der Waals surface area contributed by atoms with Crippen molar-refractivity contribution in [2.45, 2.75) is 52.4 Å². The largest absolute Gasteiger partial charge is 0.149 e. The van der Waals surface area contributed by atoms with Crippen molar-refractivity contribution >= 4 is 11.3 Å². The number of aryl methyl sites for hydroxylation is 1. The molecule has 1 aromatic rings. The van der Waals surface area contributed by atoms with Crippen molar-refractivity contribution in [2.75, 3.05) is 0 Å². The number of unbranched alkanes of at least 4 members (excludes halogenated alkanes) is 3. The van der Waals surface area contributed by atoms with Crippen LogP contribution in [0, 0.1) is 5.92 Å². The molecule has 0 amide bonds. The first-order valence-electron chi connectivity index (χ1n) is 5.81. The second-order valence-corrected chi connectivity index (χ2v) is 5.46. The van der Waals surface area contributed by atoms with Crippen LogP contribution in [0.15, 0.2) is 17.5 Å². The van der Waals surface area contributed by atoms with Gasteiger partial charge in [-0.3, -0.25) is 0 Å². The van der Waals surface area contributed by atoms with Gasteiger partial charge in [0.1, 0.15) is 0 Å². The summed E-state index contributed by atoms with van der Waals surface area (Å²) >= 11 is 1.89. The van der Waals surface area contributed by atoms with E-state index in [1.165, 1.54) is 38.5 Å². The van der Waals surface area contributed by atoms with Gasteiger partial charge >= 0.3 is 0 Å². The van der Waals surface area contributed by atoms with E-state index in [0.717, 1.165) is 5.92 Å². The zero-order valence-corrected chi connectivity index (χ0v) is 10.3. The zero-order chi connectivity index (χ0) is 10.2. The lowest BCUT2D eigenvalue weighted by molar-refractivity contribution is 0.520. The fourth-order valence-corrected chi connectivity index (χ4v) is 2.41. The molecule has 0 saturated heterocycles. The first kappa shape index (κ1) is 11.8. The van der Waals surface area contributed by atoms with E-state index in [0.29, 0.717) is 0 Å². The van der Waals surface area contributed by atoms with E-state index < -0.39 is 0 Å². The second-order valence-electron chi connectivity index (χ2n) is 4.43. The van der Waals surface area contributed by atoms with Gasteiger partial charge in [0.2, 0.25) is 0 Å². The lowest BCUT2D eigenvalue weighted by atomic mass is 10.0. The van der Waals surface area contributed by atoms with Crippen LogP contribution < -0.4 is 0 Å². The van der Waals surface area contributed by atoms with Crippen molar-refractivity contribution in [3.05, 3.63) is 22.4 Å². The maximum absolute atomic E-state index is 2.31. The van der Waals surface area contributed by atoms with Crippen molar-refractivity contribution in [1.29, 1.82) is 0 Å². The van der Waals surface area contributed by atoms with Crippen LogP contribution in [0.3, 0.4) is 0 Å². The molecule has 1 heterocycles. The molecule has 0 aromatic carbocycles. The molecule has 0 atom stereocenters. The maximum Gasteiger partial charge on any atom is 0.00452 e. The van der Waals surface area contributed by atoms with Crippen molar-refractivity contribution in [1.82, 2.24) is 0 Å². The molecule has 14 heavy (non-hydrogen) atoms. The molecule has 0 bridgehead atoms. The van der Waals surface area contributed by atoms with Gasteiger partial charge in [-0.15, -0.1) is 11.3 Å². The van der Waals surface area contributed by atoms with Crippen LogP contribution in [0.2, 0.25) is 0 Å². The van der Waals surface area contributed by atoms with Gasteiger partial charge in [-0.05, 0) is 30.2 Å². The Labute approximate surface area is 92.4 Å². The lowest BCUT2D eigenvalue weighted by Gasteiger charge is -2.03. The molecule has 0 nitrogen and oxygen atoms in total. The molecular weight excluding hydrogens is 188 g/mol. The molecule has 0 fully saturated rings. The van der Waals surface area contributed by atoms with E-state index in [1.807, 2.05) is 11.3 Å². The van der Waals surface area contributed by atoms with Gasteiger partial charge in [-0.1, -0.05) is 45.6 Å². The third-order valence-electron chi connectivity index (χ3n) is 2.53. The highest BCUT2D eigenvalue weighted by Gasteiger charge is 1.96. The molecule has 1 aromatic heterocycles. The number of hydrogen-bond acceptors (Lipinski definition) is 1. The summed E-state index contributed by atoms with van der Waals surface area (Å²) in [5.41, 5.74) is 0. The van der Waals surface area contributed by atoms with Crippen molar-refractivity contribution in [3.63, 3.8) is 0 Å². The van der Waals surface area contributed by atoms with Crippen LogP contribution in [-0.2, 0) is 6.42 Å². The Hall–Kier alpha value is -0.300. The molecule has 0 unspecified atom stereocenters. The summed E-state index contributed by atoms with van der Waals surface area (Å²) in [6, 6.07) is 4.40. The van der Waals surface area contributed by atoms with E-state index in [1.54, 1.807) is 4.88 Å². The van der Waals surface area contributed by atoms with E-state index in [-0.39, 0.29) is 0 Å². The molecular formula is C13H22S. The standard InChI is InChI=1S/C13H22S/c1-12(2)8-5-3-4-6-9-13-10-7-11-14-13/h7,10-12H,3-6,8-9H2,1-2H3. The summed E-state index contributed by atoms with van der Waals surface area (Å²) in [5, 5.41) is 2.17. The highest BCUT2D eigenvalue weighted by molar-refractivity contribution is 7.09. The Morgan fingerprint density at radius 1 is 1.14 bits per heavy atom. The number of hydrogen-bond donors (Lipinski definition) is 0. The Balaban J connectivity index is 1.90. The Kier molecular flexibility index (Phi) is 5.93. The highest BCUT2D eigenvalue weighted by Crippen LogP contribution is 2.14. The molecule has 80 valence electrons. The van der Waals surface area contributed by atoms with Gasteiger partial charge in [-0.25, -0.2) is 0 Å². The Morgan fingerprint density at radius 2 is 1.93 bits per heavy atom. The van der Waals surface area contributed by atoms with Gasteiger partial charge in [0.05, 0.1) is 0 Å². The monoisotopic (exact) mass is 210 g/mol. The summed E-state index contributed by atoms with van der Waals surface area (Å²) < 4.78 is 0. The summed E-state index contributed by atoms with van der Waals surface area (Å²) in [4.78, 5) is 1.55. The molecule has 1 rings (SSSR count). The minimum atomic E-state index is 0.882. The minimum absolute atomic E-state index is 0.882. The van der Waals surface area contributed by atoms with Gasteiger partial charge in [0, 0.05) is 4.88 Å². The van der Waals surface area contributed by atoms with Crippen molar-refractivity contribution < 1.29 is 0 Å². The van der Waals surface area contributed by atoms with E-state index >= 15 is 0 Å². The maximum atomic E-state index is 2.31. The minimum Gasteiger partial charge on any atom is -0.149 e. The fraction of sp³-hybridized carbons (Fsp3) is 0.692. The summed E-state index contributed by atoms with van der Waals surface area (Å²) in [6.07, 6.45) is 8.31.